The molecular weight excluding hydrogens is 244 g/mol. The standard InChI is InChI=1S/C10H20N2O2S2/c1-10(2,3)16(13,14)12-6-4-8(5-7-12)9(11)15/h8H,4-7H2,1-3H3,(H2,11,15). The number of piperidine rings is 1. The first-order valence-corrected chi connectivity index (χ1v) is 7.30. The molecule has 0 radical (unpaired) electrons. The number of hydrogen-bond donors (Lipinski definition) is 1. The monoisotopic (exact) mass is 264 g/mol. The van der Waals surface area contributed by atoms with Crippen molar-refractivity contribution in [3.8, 4) is 0 Å². The predicted octanol–water partition coefficient (Wildman–Crippen LogP) is 1.11. The molecule has 0 unspecified atom stereocenters. The number of sulfonamides is 1. The Balaban J connectivity index is 2.72. The van der Waals surface area contributed by atoms with Crippen molar-refractivity contribution in [3.05, 3.63) is 0 Å². The summed E-state index contributed by atoms with van der Waals surface area (Å²) in [4.78, 5) is 0.507. The van der Waals surface area contributed by atoms with Crippen LogP contribution in [0.5, 0.6) is 0 Å². The van der Waals surface area contributed by atoms with E-state index in [0.717, 1.165) is 12.8 Å². The fourth-order valence-electron chi connectivity index (χ4n) is 1.77. The van der Waals surface area contributed by atoms with Crippen molar-refractivity contribution in [2.75, 3.05) is 13.1 Å². The zero-order chi connectivity index (χ0) is 12.6. The highest BCUT2D eigenvalue weighted by atomic mass is 32.2. The van der Waals surface area contributed by atoms with Crippen LogP contribution < -0.4 is 5.73 Å². The van der Waals surface area contributed by atoms with Gasteiger partial charge in [-0.05, 0) is 33.6 Å². The third-order valence-corrected chi connectivity index (χ3v) is 5.90. The lowest BCUT2D eigenvalue weighted by Crippen LogP contribution is -2.47. The van der Waals surface area contributed by atoms with Crippen molar-refractivity contribution in [1.29, 1.82) is 0 Å². The van der Waals surface area contributed by atoms with Crippen LogP contribution >= 0.6 is 12.2 Å². The molecule has 94 valence electrons. The first kappa shape index (κ1) is 13.9. The van der Waals surface area contributed by atoms with Crippen molar-refractivity contribution in [3.63, 3.8) is 0 Å². The average molecular weight is 264 g/mol. The summed E-state index contributed by atoms with van der Waals surface area (Å²) in [5, 5.41) is 0. The Morgan fingerprint density at radius 1 is 1.31 bits per heavy atom. The first-order valence-electron chi connectivity index (χ1n) is 5.45. The van der Waals surface area contributed by atoms with Crippen LogP contribution in [0.2, 0.25) is 0 Å². The first-order chi connectivity index (χ1) is 7.16. The molecule has 0 atom stereocenters. The molecule has 1 rings (SSSR count). The second kappa shape index (κ2) is 4.58. The van der Waals surface area contributed by atoms with E-state index < -0.39 is 14.8 Å². The molecule has 1 heterocycles. The molecule has 0 aliphatic carbocycles. The third-order valence-electron chi connectivity index (χ3n) is 2.97. The normalized spacial score (nSPS) is 20.9. The Labute approximate surface area is 103 Å². The summed E-state index contributed by atoms with van der Waals surface area (Å²) in [5.74, 6) is 0.196. The smallest absolute Gasteiger partial charge is 0.219 e. The van der Waals surface area contributed by atoms with Gasteiger partial charge in [0, 0.05) is 19.0 Å². The van der Waals surface area contributed by atoms with Crippen LogP contribution in [-0.4, -0.2) is 35.5 Å². The lowest BCUT2D eigenvalue weighted by Gasteiger charge is -2.35. The van der Waals surface area contributed by atoms with E-state index in [1.54, 1.807) is 25.1 Å². The molecule has 1 aliphatic rings. The molecule has 16 heavy (non-hydrogen) atoms. The highest BCUT2D eigenvalue weighted by molar-refractivity contribution is 7.90. The highest BCUT2D eigenvalue weighted by Crippen LogP contribution is 2.26. The number of nitrogens with zero attached hydrogens (tertiary/aromatic N) is 1. The van der Waals surface area contributed by atoms with E-state index in [4.69, 9.17) is 18.0 Å². The minimum absolute atomic E-state index is 0.196. The molecule has 0 spiro atoms. The summed E-state index contributed by atoms with van der Waals surface area (Å²) in [5.41, 5.74) is 5.57. The molecule has 0 aromatic rings. The summed E-state index contributed by atoms with van der Waals surface area (Å²) >= 11 is 4.93. The van der Waals surface area contributed by atoms with E-state index in [1.807, 2.05) is 0 Å². The van der Waals surface area contributed by atoms with Gasteiger partial charge in [-0.1, -0.05) is 12.2 Å². The van der Waals surface area contributed by atoms with Gasteiger partial charge in [-0.25, -0.2) is 12.7 Å². The maximum Gasteiger partial charge on any atom is 0.219 e. The van der Waals surface area contributed by atoms with Gasteiger partial charge < -0.3 is 5.73 Å². The predicted molar refractivity (Wildman–Crippen MR) is 69.8 cm³/mol. The molecular formula is C10H20N2O2S2. The number of hydrogen-bond acceptors (Lipinski definition) is 3. The van der Waals surface area contributed by atoms with Gasteiger partial charge in [0.25, 0.3) is 0 Å². The van der Waals surface area contributed by atoms with Crippen molar-refractivity contribution in [1.82, 2.24) is 4.31 Å². The van der Waals surface area contributed by atoms with Crippen LogP contribution in [0.25, 0.3) is 0 Å². The van der Waals surface area contributed by atoms with Crippen LogP contribution in [0.4, 0.5) is 0 Å². The molecule has 1 saturated heterocycles. The summed E-state index contributed by atoms with van der Waals surface area (Å²) in [7, 11) is -3.20. The fraction of sp³-hybridized carbons (Fsp3) is 0.900. The maximum atomic E-state index is 12.1. The molecule has 0 bridgehead atoms. The van der Waals surface area contributed by atoms with E-state index in [9.17, 15) is 8.42 Å². The van der Waals surface area contributed by atoms with Crippen LogP contribution in [0.1, 0.15) is 33.6 Å². The van der Waals surface area contributed by atoms with E-state index in [1.165, 1.54) is 0 Å². The van der Waals surface area contributed by atoms with Crippen LogP contribution in [0.15, 0.2) is 0 Å². The summed E-state index contributed by atoms with van der Waals surface area (Å²) in [6.45, 7) is 6.23. The summed E-state index contributed by atoms with van der Waals surface area (Å²) in [6, 6.07) is 0. The van der Waals surface area contributed by atoms with Crippen molar-refractivity contribution in [2.45, 2.75) is 38.4 Å². The quantitative estimate of drug-likeness (QED) is 0.759. The largest absolute Gasteiger partial charge is 0.393 e. The van der Waals surface area contributed by atoms with Gasteiger partial charge in [0.15, 0.2) is 0 Å². The molecule has 2 N–H and O–H groups in total. The number of rotatable bonds is 2. The molecule has 1 fully saturated rings. The lowest BCUT2D eigenvalue weighted by molar-refractivity contribution is 0.309. The number of thiocarbonyl (C=S) groups is 1. The van der Waals surface area contributed by atoms with Crippen LogP contribution in [-0.2, 0) is 10.0 Å². The zero-order valence-electron chi connectivity index (χ0n) is 10.1. The molecule has 0 aromatic carbocycles. The molecule has 0 amide bonds. The Hall–Kier alpha value is -0.200. The Morgan fingerprint density at radius 2 is 1.75 bits per heavy atom. The van der Waals surface area contributed by atoms with Gasteiger partial charge >= 0.3 is 0 Å². The minimum atomic E-state index is -3.20. The third kappa shape index (κ3) is 2.73. The van der Waals surface area contributed by atoms with Gasteiger partial charge in [-0.3, -0.25) is 0 Å². The van der Waals surface area contributed by atoms with Gasteiger partial charge in [0.1, 0.15) is 0 Å². The van der Waals surface area contributed by atoms with E-state index in [2.05, 4.69) is 0 Å². The average Bonchev–Trinajstić information content (AvgIpc) is 2.16. The fourth-order valence-corrected chi connectivity index (χ4v) is 3.47. The summed E-state index contributed by atoms with van der Waals surface area (Å²) in [6.07, 6.45) is 1.48. The van der Waals surface area contributed by atoms with Gasteiger partial charge in [0.05, 0.1) is 9.74 Å². The minimum Gasteiger partial charge on any atom is -0.393 e. The number of nitrogens with two attached hydrogens (primary N) is 1. The van der Waals surface area contributed by atoms with Gasteiger partial charge in [-0.2, -0.15) is 0 Å². The molecule has 0 aromatic heterocycles. The second-order valence-electron chi connectivity index (χ2n) is 5.19. The van der Waals surface area contributed by atoms with Gasteiger partial charge in [-0.15, -0.1) is 0 Å². The van der Waals surface area contributed by atoms with Crippen molar-refractivity contribution >= 4 is 27.2 Å². The van der Waals surface area contributed by atoms with E-state index in [0.29, 0.717) is 18.1 Å². The van der Waals surface area contributed by atoms with Crippen LogP contribution in [0, 0.1) is 5.92 Å². The highest BCUT2D eigenvalue weighted by Gasteiger charge is 2.37. The van der Waals surface area contributed by atoms with Crippen molar-refractivity contribution < 1.29 is 8.42 Å². The molecule has 1 aliphatic heterocycles. The Kier molecular flexibility index (Phi) is 3.97. The maximum absolute atomic E-state index is 12.1. The SMILES string of the molecule is CC(C)(C)S(=O)(=O)N1CCC(C(N)=S)CC1. The Morgan fingerprint density at radius 3 is 2.06 bits per heavy atom. The van der Waals surface area contributed by atoms with E-state index in [-0.39, 0.29) is 5.92 Å². The second-order valence-corrected chi connectivity index (χ2v) is 8.36. The molecule has 6 heteroatoms. The van der Waals surface area contributed by atoms with E-state index >= 15 is 0 Å². The van der Waals surface area contributed by atoms with Gasteiger partial charge in [0.2, 0.25) is 10.0 Å². The summed E-state index contributed by atoms with van der Waals surface area (Å²) < 4.78 is 25.1. The topological polar surface area (TPSA) is 63.4 Å². The molecule has 0 saturated carbocycles. The molecule has 4 nitrogen and oxygen atoms in total. The van der Waals surface area contributed by atoms with Crippen molar-refractivity contribution in [2.24, 2.45) is 11.7 Å². The Bertz CT molecular complexity index is 363. The lowest BCUT2D eigenvalue weighted by atomic mass is 9.98. The van der Waals surface area contributed by atoms with Crippen LogP contribution in [0.3, 0.4) is 0 Å². The zero-order valence-corrected chi connectivity index (χ0v) is 11.7.